The summed E-state index contributed by atoms with van der Waals surface area (Å²) in [5.74, 6) is -1.58. The lowest BCUT2D eigenvalue weighted by Crippen LogP contribution is -2.38. The molecule has 0 saturated carbocycles. The maximum absolute atomic E-state index is 12.4. The predicted octanol–water partition coefficient (Wildman–Crippen LogP) is 1.60. The molecule has 1 aliphatic rings. The summed E-state index contributed by atoms with van der Waals surface area (Å²) in [5, 5.41) is 12.9. The molecule has 108 valence electrons. The maximum Gasteiger partial charge on any atom is 0.311 e. The quantitative estimate of drug-likeness (QED) is 0.901. The van der Waals surface area contributed by atoms with Crippen LogP contribution in [0.4, 0.5) is 5.69 Å². The number of aryl methyl sites for hydroxylation is 1. The number of carboxylic acid groups (broad SMARTS) is 1. The maximum atomic E-state index is 12.4. The first-order chi connectivity index (χ1) is 10.1. The van der Waals surface area contributed by atoms with Crippen LogP contribution in [-0.2, 0) is 4.79 Å². The summed E-state index contributed by atoms with van der Waals surface area (Å²) in [6, 6.07) is 7.00. The Balaban J connectivity index is 2.00. The zero-order valence-corrected chi connectivity index (χ0v) is 11.3. The number of rotatable bonds is 2. The van der Waals surface area contributed by atoms with E-state index in [0.717, 1.165) is 0 Å². The van der Waals surface area contributed by atoms with E-state index in [1.54, 1.807) is 31.2 Å². The second-order valence-corrected chi connectivity index (χ2v) is 4.83. The Morgan fingerprint density at radius 3 is 2.81 bits per heavy atom. The molecule has 1 aromatic heterocycles. The third-order valence-electron chi connectivity index (χ3n) is 3.51. The first-order valence-corrected chi connectivity index (χ1v) is 6.52. The van der Waals surface area contributed by atoms with Gasteiger partial charge < -0.3 is 14.5 Å². The van der Waals surface area contributed by atoms with Crippen LogP contribution in [0.3, 0.4) is 0 Å². The smallest absolute Gasteiger partial charge is 0.311 e. The van der Waals surface area contributed by atoms with Crippen molar-refractivity contribution in [2.45, 2.75) is 19.3 Å². The van der Waals surface area contributed by atoms with Crippen LogP contribution in [-0.4, -0.2) is 33.7 Å². The number of carbonyl (C=O) groups excluding carboxylic acids is 1. The number of nitrogens with zero attached hydrogens (tertiary/aromatic N) is 3. The Bertz CT molecular complexity index is 710. The van der Waals surface area contributed by atoms with Gasteiger partial charge in [0.25, 0.3) is 11.7 Å². The van der Waals surface area contributed by atoms with Gasteiger partial charge in [0, 0.05) is 19.2 Å². The first-order valence-electron chi connectivity index (χ1n) is 6.52. The Kier molecular flexibility index (Phi) is 3.17. The lowest BCUT2D eigenvalue weighted by atomic mass is 9.90. The molecule has 1 atom stereocenters. The van der Waals surface area contributed by atoms with E-state index in [1.807, 2.05) is 0 Å². The number of anilines is 1. The van der Waals surface area contributed by atoms with Crippen molar-refractivity contribution < 1.29 is 19.2 Å². The predicted molar refractivity (Wildman–Crippen MR) is 72.1 cm³/mol. The molecule has 1 aromatic carbocycles. The van der Waals surface area contributed by atoms with E-state index < -0.39 is 11.9 Å². The highest BCUT2D eigenvalue weighted by atomic mass is 16.5. The second-order valence-electron chi connectivity index (χ2n) is 4.83. The van der Waals surface area contributed by atoms with Crippen LogP contribution in [0.15, 0.2) is 28.8 Å². The number of aliphatic carboxylic acids is 1. The zero-order valence-electron chi connectivity index (χ0n) is 11.3. The number of hydrogen-bond acceptors (Lipinski definition) is 5. The van der Waals surface area contributed by atoms with Gasteiger partial charge in [-0.05, 0) is 18.1 Å². The summed E-state index contributed by atoms with van der Waals surface area (Å²) < 4.78 is 4.82. The monoisotopic (exact) mass is 287 g/mol. The summed E-state index contributed by atoms with van der Waals surface area (Å²) in [5.41, 5.74) is 1.22. The molecule has 2 aromatic rings. The van der Waals surface area contributed by atoms with Gasteiger partial charge in [0.15, 0.2) is 0 Å². The summed E-state index contributed by atoms with van der Waals surface area (Å²) in [7, 11) is 0. The minimum absolute atomic E-state index is 0.0175. The van der Waals surface area contributed by atoms with Gasteiger partial charge in [-0.25, -0.2) is 0 Å². The van der Waals surface area contributed by atoms with Crippen LogP contribution in [0, 0.1) is 6.92 Å². The number of aromatic nitrogens is 2. The van der Waals surface area contributed by atoms with Gasteiger partial charge in [-0.3, -0.25) is 9.59 Å². The van der Waals surface area contributed by atoms with Crippen molar-refractivity contribution in [1.29, 1.82) is 0 Å². The van der Waals surface area contributed by atoms with Crippen LogP contribution in [0.2, 0.25) is 0 Å². The van der Waals surface area contributed by atoms with Gasteiger partial charge in [0.05, 0.1) is 5.92 Å². The number of fused-ring (bicyclic) bond motifs is 1. The van der Waals surface area contributed by atoms with E-state index in [1.165, 1.54) is 4.90 Å². The van der Waals surface area contributed by atoms with E-state index in [9.17, 15) is 14.7 Å². The van der Waals surface area contributed by atoms with Crippen molar-refractivity contribution in [2.24, 2.45) is 0 Å². The fourth-order valence-corrected chi connectivity index (χ4v) is 2.54. The van der Waals surface area contributed by atoms with E-state index in [4.69, 9.17) is 4.52 Å². The van der Waals surface area contributed by atoms with Crippen molar-refractivity contribution in [2.75, 3.05) is 11.4 Å². The first kappa shape index (κ1) is 13.3. The molecule has 0 saturated heterocycles. The summed E-state index contributed by atoms with van der Waals surface area (Å²) >= 11 is 0. The molecule has 0 spiro atoms. The van der Waals surface area contributed by atoms with Crippen LogP contribution >= 0.6 is 0 Å². The lowest BCUT2D eigenvalue weighted by Gasteiger charge is -2.31. The third-order valence-corrected chi connectivity index (χ3v) is 3.51. The Morgan fingerprint density at radius 2 is 2.14 bits per heavy atom. The van der Waals surface area contributed by atoms with Crippen molar-refractivity contribution >= 4 is 17.6 Å². The average molecular weight is 287 g/mol. The Morgan fingerprint density at radius 1 is 1.38 bits per heavy atom. The largest absolute Gasteiger partial charge is 0.481 e. The molecule has 0 bridgehead atoms. The number of hydrogen-bond donors (Lipinski definition) is 1. The van der Waals surface area contributed by atoms with Crippen molar-refractivity contribution in [3.63, 3.8) is 0 Å². The van der Waals surface area contributed by atoms with Gasteiger partial charge in [-0.15, -0.1) is 0 Å². The molecule has 3 rings (SSSR count). The number of benzene rings is 1. The molecular formula is C14H13N3O4. The third kappa shape index (κ3) is 2.26. The van der Waals surface area contributed by atoms with E-state index in [0.29, 0.717) is 30.1 Å². The minimum Gasteiger partial charge on any atom is -0.481 e. The van der Waals surface area contributed by atoms with Gasteiger partial charge in [0.2, 0.25) is 5.89 Å². The number of carbonyl (C=O) groups is 2. The van der Waals surface area contributed by atoms with E-state index >= 15 is 0 Å². The van der Waals surface area contributed by atoms with Crippen LogP contribution in [0.5, 0.6) is 0 Å². The summed E-state index contributed by atoms with van der Waals surface area (Å²) in [4.78, 5) is 29.2. The fraction of sp³-hybridized carbons (Fsp3) is 0.286. The van der Waals surface area contributed by atoms with Crippen LogP contribution in [0.25, 0.3) is 0 Å². The van der Waals surface area contributed by atoms with Gasteiger partial charge in [0.1, 0.15) is 0 Å². The molecule has 7 heteroatoms. The molecule has 1 amide bonds. The molecule has 1 aliphatic heterocycles. The molecule has 1 unspecified atom stereocenters. The number of amides is 1. The molecule has 1 N–H and O–H groups in total. The molecule has 0 radical (unpaired) electrons. The van der Waals surface area contributed by atoms with Gasteiger partial charge in [-0.2, -0.15) is 4.98 Å². The highest BCUT2D eigenvalue weighted by molar-refractivity contribution is 6.05. The van der Waals surface area contributed by atoms with Crippen LogP contribution < -0.4 is 4.90 Å². The topological polar surface area (TPSA) is 96.5 Å². The highest BCUT2D eigenvalue weighted by Gasteiger charge is 2.34. The standard InChI is InChI=1S/C14H13N3O4/c1-8-15-12(16-21-8)13(18)17-7-6-10(14(19)20)9-4-2-3-5-11(9)17/h2-5,10H,6-7H2,1H3,(H,19,20). The van der Waals surface area contributed by atoms with Crippen molar-refractivity contribution in [3.05, 3.63) is 41.5 Å². The van der Waals surface area contributed by atoms with Gasteiger partial charge >= 0.3 is 5.97 Å². The van der Waals surface area contributed by atoms with Gasteiger partial charge in [-0.1, -0.05) is 23.4 Å². The SMILES string of the molecule is Cc1nc(C(=O)N2CCC(C(=O)O)c3ccccc32)no1. The normalized spacial score (nSPS) is 17.4. The molecule has 0 fully saturated rings. The second kappa shape index (κ2) is 5.01. The number of carboxylic acids is 1. The molecule has 7 nitrogen and oxygen atoms in total. The zero-order chi connectivity index (χ0) is 15.0. The lowest BCUT2D eigenvalue weighted by molar-refractivity contribution is -0.139. The Labute approximate surface area is 120 Å². The van der Waals surface area contributed by atoms with Crippen molar-refractivity contribution in [1.82, 2.24) is 10.1 Å². The summed E-state index contributed by atoms with van der Waals surface area (Å²) in [6.45, 7) is 1.91. The summed E-state index contributed by atoms with van der Waals surface area (Å²) in [6.07, 6.45) is 0.356. The molecular weight excluding hydrogens is 274 g/mol. The molecule has 2 heterocycles. The van der Waals surface area contributed by atoms with Crippen LogP contribution in [0.1, 0.15) is 34.4 Å². The van der Waals surface area contributed by atoms with E-state index in [2.05, 4.69) is 10.1 Å². The minimum atomic E-state index is -0.884. The van der Waals surface area contributed by atoms with Crippen molar-refractivity contribution in [3.8, 4) is 0 Å². The fourth-order valence-electron chi connectivity index (χ4n) is 2.54. The Hall–Kier alpha value is -2.70. The average Bonchev–Trinajstić information content (AvgIpc) is 2.91. The molecule has 21 heavy (non-hydrogen) atoms. The molecule has 0 aliphatic carbocycles. The van der Waals surface area contributed by atoms with E-state index in [-0.39, 0.29) is 11.7 Å². The number of para-hydroxylation sites is 1. The highest BCUT2D eigenvalue weighted by Crippen LogP contribution is 2.35.